The van der Waals surface area contributed by atoms with Gasteiger partial charge < -0.3 is 11.1 Å². The first-order valence-corrected chi connectivity index (χ1v) is 9.15. The minimum absolute atomic E-state index is 0. The third-order valence-electron chi connectivity index (χ3n) is 3.90. The highest BCUT2D eigenvalue weighted by Crippen LogP contribution is 2.19. The first-order chi connectivity index (χ1) is 10.5. The molecule has 1 aromatic carbocycles. The van der Waals surface area contributed by atoms with E-state index in [1.54, 1.807) is 0 Å². The average molecular weight is 394 g/mol. The Morgan fingerprint density at radius 1 is 1.33 bits per heavy atom. The molecule has 0 aliphatic carbocycles. The molecule has 2 rings (SSSR count). The Hall–Kier alpha value is -0.460. The van der Waals surface area contributed by atoms with E-state index in [1.165, 1.54) is 30.2 Å². The molecule has 1 aromatic rings. The van der Waals surface area contributed by atoms with Gasteiger partial charge in [0.25, 0.3) is 0 Å². The number of amides is 1. The molecule has 7 heteroatoms. The number of carbonyl (C=O) groups is 1. The van der Waals surface area contributed by atoms with Crippen LogP contribution in [0.15, 0.2) is 18.2 Å². The van der Waals surface area contributed by atoms with E-state index in [1.807, 2.05) is 24.8 Å². The lowest BCUT2D eigenvalue weighted by atomic mass is 10.1. The van der Waals surface area contributed by atoms with Gasteiger partial charge in [-0.2, -0.15) is 11.8 Å². The summed E-state index contributed by atoms with van der Waals surface area (Å²) in [6.07, 6.45) is 1.19. The molecular weight excluding hydrogens is 365 g/mol. The minimum atomic E-state index is 0. The topological polar surface area (TPSA) is 58.4 Å². The van der Waals surface area contributed by atoms with Gasteiger partial charge in [-0.25, -0.2) is 0 Å². The first kappa shape index (κ1) is 23.5. The monoisotopic (exact) mass is 393 g/mol. The fraction of sp³-hybridized carbons (Fsp3) is 0.588. The molecule has 1 saturated heterocycles. The van der Waals surface area contributed by atoms with Crippen molar-refractivity contribution in [3.63, 3.8) is 0 Å². The van der Waals surface area contributed by atoms with E-state index in [-0.39, 0.29) is 36.8 Å². The first-order valence-electron chi connectivity index (χ1n) is 7.99. The number of nitrogens with one attached hydrogen (secondary N) is 1. The standard InChI is InChI=1S/C17H27N3OS.2ClH/c1-13-11-15(12-20-7-9-22-10-8-20)4-5-16(13)19-17(21)6-3-14(2)18;;/h4-5,11,14H,3,6-10,12,18H2,1-2H3,(H,19,21);2*1H. The lowest BCUT2D eigenvalue weighted by Gasteiger charge is -2.26. The van der Waals surface area contributed by atoms with Gasteiger partial charge >= 0.3 is 0 Å². The van der Waals surface area contributed by atoms with Crippen molar-refractivity contribution < 1.29 is 4.79 Å². The molecule has 1 fully saturated rings. The zero-order valence-electron chi connectivity index (χ0n) is 14.4. The Kier molecular flexibility index (Phi) is 11.8. The zero-order chi connectivity index (χ0) is 15.9. The number of aryl methyl sites for hydroxylation is 1. The number of hydrogen-bond acceptors (Lipinski definition) is 4. The summed E-state index contributed by atoms with van der Waals surface area (Å²) >= 11 is 2.03. The summed E-state index contributed by atoms with van der Waals surface area (Å²) in [7, 11) is 0. The van der Waals surface area contributed by atoms with Gasteiger partial charge in [0.15, 0.2) is 0 Å². The van der Waals surface area contributed by atoms with Crippen LogP contribution >= 0.6 is 36.6 Å². The van der Waals surface area contributed by atoms with E-state index in [9.17, 15) is 4.79 Å². The zero-order valence-corrected chi connectivity index (χ0v) is 16.9. The van der Waals surface area contributed by atoms with Crippen molar-refractivity contribution in [1.29, 1.82) is 0 Å². The maximum atomic E-state index is 11.9. The lowest BCUT2D eigenvalue weighted by Crippen LogP contribution is -2.31. The van der Waals surface area contributed by atoms with Gasteiger partial charge in [0, 0.05) is 49.3 Å². The molecule has 1 unspecified atom stereocenters. The highest BCUT2D eigenvalue weighted by Gasteiger charge is 2.12. The molecule has 0 bridgehead atoms. The number of benzene rings is 1. The maximum absolute atomic E-state index is 11.9. The highest BCUT2D eigenvalue weighted by atomic mass is 35.5. The minimum Gasteiger partial charge on any atom is -0.328 e. The van der Waals surface area contributed by atoms with Crippen molar-refractivity contribution in [1.82, 2.24) is 4.90 Å². The molecule has 24 heavy (non-hydrogen) atoms. The molecule has 1 heterocycles. The fourth-order valence-corrected chi connectivity index (χ4v) is 3.53. The van der Waals surface area contributed by atoms with Crippen molar-refractivity contribution in [2.45, 2.75) is 39.3 Å². The van der Waals surface area contributed by atoms with Crippen molar-refractivity contribution in [3.05, 3.63) is 29.3 Å². The van der Waals surface area contributed by atoms with E-state index in [4.69, 9.17) is 5.73 Å². The SMILES string of the molecule is Cc1cc(CN2CCSCC2)ccc1NC(=O)CCC(C)N.Cl.Cl. The van der Waals surface area contributed by atoms with Gasteiger partial charge in [0.1, 0.15) is 0 Å². The van der Waals surface area contributed by atoms with Crippen LogP contribution in [0.2, 0.25) is 0 Å². The maximum Gasteiger partial charge on any atom is 0.224 e. The summed E-state index contributed by atoms with van der Waals surface area (Å²) in [5.74, 6) is 2.50. The number of halogens is 2. The van der Waals surface area contributed by atoms with Gasteiger partial charge in [-0.3, -0.25) is 9.69 Å². The molecular formula is C17H29Cl2N3OS. The molecule has 0 aromatic heterocycles. The van der Waals surface area contributed by atoms with Crippen LogP contribution in [0, 0.1) is 6.92 Å². The van der Waals surface area contributed by atoms with E-state index >= 15 is 0 Å². The van der Waals surface area contributed by atoms with Gasteiger partial charge in [0.05, 0.1) is 0 Å². The number of rotatable bonds is 6. The Morgan fingerprint density at radius 3 is 2.58 bits per heavy atom. The number of nitrogens with two attached hydrogens (primary N) is 1. The summed E-state index contributed by atoms with van der Waals surface area (Å²) < 4.78 is 0. The third kappa shape index (κ3) is 8.08. The Balaban J connectivity index is 0.00000264. The molecule has 1 aliphatic rings. The Labute approximate surface area is 162 Å². The number of thioether (sulfide) groups is 1. The van der Waals surface area contributed by atoms with Crippen LogP contribution in [0.1, 0.15) is 30.9 Å². The third-order valence-corrected chi connectivity index (χ3v) is 4.84. The number of nitrogens with zero attached hydrogens (tertiary/aromatic N) is 1. The predicted octanol–water partition coefficient (Wildman–Crippen LogP) is 3.45. The van der Waals surface area contributed by atoms with Gasteiger partial charge in [-0.1, -0.05) is 12.1 Å². The molecule has 138 valence electrons. The quantitative estimate of drug-likeness (QED) is 0.776. The number of hydrogen-bond donors (Lipinski definition) is 2. The molecule has 1 atom stereocenters. The summed E-state index contributed by atoms with van der Waals surface area (Å²) in [4.78, 5) is 14.4. The van der Waals surface area contributed by atoms with Crippen LogP contribution in [-0.4, -0.2) is 41.4 Å². The van der Waals surface area contributed by atoms with Crippen LogP contribution < -0.4 is 11.1 Å². The van der Waals surface area contributed by atoms with Gasteiger partial charge in [0.2, 0.25) is 5.91 Å². The smallest absolute Gasteiger partial charge is 0.224 e. The van der Waals surface area contributed by atoms with E-state index < -0.39 is 0 Å². The molecule has 3 N–H and O–H groups in total. The van der Waals surface area contributed by atoms with Crippen LogP contribution in [-0.2, 0) is 11.3 Å². The molecule has 1 aliphatic heterocycles. The van der Waals surface area contributed by atoms with Crippen molar-refractivity contribution >= 4 is 48.2 Å². The predicted molar refractivity (Wildman–Crippen MR) is 110 cm³/mol. The van der Waals surface area contributed by atoms with Gasteiger partial charge in [-0.15, -0.1) is 24.8 Å². The second-order valence-electron chi connectivity index (χ2n) is 6.10. The van der Waals surface area contributed by atoms with Crippen LogP contribution in [0.5, 0.6) is 0 Å². The van der Waals surface area contributed by atoms with Gasteiger partial charge in [-0.05, 0) is 37.5 Å². The van der Waals surface area contributed by atoms with E-state index in [2.05, 4.69) is 29.3 Å². The summed E-state index contributed by atoms with van der Waals surface area (Å²) in [5.41, 5.74) is 9.04. The molecule has 0 spiro atoms. The molecule has 0 saturated carbocycles. The molecule has 0 radical (unpaired) electrons. The second kappa shape index (κ2) is 12.0. The Bertz CT molecular complexity index is 509. The van der Waals surface area contributed by atoms with Crippen LogP contribution in [0.25, 0.3) is 0 Å². The molecule has 4 nitrogen and oxygen atoms in total. The normalized spacial score (nSPS) is 15.8. The second-order valence-corrected chi connectivity index (χ2v) is 7.33. The van der Waals surface area contributed by atoms with Crippen molar-refractivity contribution in [2.24, 2.45) is 5.73 Å². The van der Waals surface area contributed by atoms with E-state index in [0.29, 0.717) is 6.42 Å². The van der Waals surface area contributed by atoms with E-state index in [0.717, 1.165) is 24.2 Å². The average Bonchev–Trinajstić information content (AvgIpc) is 2.49. The summed E-state index contributed by atoms with van der Waals surface area (Å²) in [6, 6.07) is 6.39. The van der Waals surface area contributed by atoms with Crippen molar-refractivity contribution in [2.75, 3.05) is 29.9 Å². The van der Waals surface area contributed by atoms with Crippen LogP contribution in [0.3, 0.4) is 0 Å². The van der Waals surface area contributed by atoms with Crippen LogP contribution in [0.4, 0.5) is 5.69 Å². The summed E-state index contributed by atoms with van der Waals surface area (Å²) in [6.45, 7) is 7.31. The number of anilines is 1. The lowest BCUT2D eigenvalue weighted by molar-refractivity contribution is -0.116. The largest absolute Gasteiger partial charge is 0.328 e. The molecule has 1 amide bonds. The number of carbonyl (C=O) groups excluding carboxylic acids is 1. The fourth-order valence-electron chi connectivity index (χ4n) is 2.55. The Morgan fingerprint density at radius 2 is 2.00 bits per heavy atom. The summed E-state index contributed by atoms with van der Waals surface area (Å²) in [5, 5.41) is 2.98. The van der Waals surface area contributed by atoms with Crippen molar-refractivity contribution in [3.8, 4) is 0 Å². The highest BCUT2D eigenvalue weighted by molar-refractivity contribution is 7.99.